The molecule has 20 heavy (non-hydrogen) atoms. The van der Waals surface area contributed by atoms with Crippen molar-refractivity contribution in [1.82, 2.24) is 10.6 Å². The summed E-state index contributed by atoms with van der Waals surface area (Å²) in [6.45, 7) is 5.24. The van der Waals surface area contributed by atoms with E-state index in [0.29, 0.717) is 25.9 Å². The summed E-state index contributed by atoms with van der Waals surface area (Å²) in [5, 5.41) is 16.1. The van der Waals surface area contributed by atoms with Crippen molar-refractivity contribution in [2.24, 2.45) is 0 Å². The Kier molecular flexibility index (Phi) is 6.51. The molecule has 0 aliphatic rings. The number of urea groups is 1. The minimum Gasteiger partial charge on any atom is -0.481 e. The molecule has 2 amide bonds. The van der Waals surface area contributed by atoms with E-state index < -0.39 is 5.97 Å². The summed E-state index contributed by atoms with van der Waals surface area (Å²) < 4.78 is 0. The molecule has 0 aliphatic carbocycles. The third-order valence-corrected chi connectivity index (χ3v) is 4.22. The first-order chi connectivity index (χ1) is 9.42. The van der Waals surface area contributed by atoms with Gasteiger partial charge in [-0.2, -0.15) is 0 Å². The first-order valence-corrected chi connectivity index (χ1v) is 7.57. The van der Waals surface area contributed by atoms with E-state index in [9.17, 15) is 9.59 Å². The van der Waals surface area contributed by atoms with Gasteiger partial charge in [0.05, 0.1) is 0 Å². The van der Waals surface area contributed by atoms with Gasteiger partial charge in [0.15, 0.2) is 0 Å². The Morgan fingerprint density at radius 1 is 1.30 bits per heavy atom. The zero-order chi connectivity index (χ0) is 15.0. The Morgan fingerprint density at radius 3 is 2.65 bits per heavy atom. The number of hydrogen-bond donors (Lipinski definition) is 3. The molecule has 5 nitrogen and oxygen atoms in total. The predicted octanol–water partition coefficient (Wildman–Crippen LogP) is 2.58. The zero-order valence-electron chi connectivity index (χ0n) is 11.9. The molecular weight excluding hydrogens is 276 g/mol. The van der Waals surface area contributed by atoms with Crippen LogP contribution in [0.4, 0.5) is 4.79 Å². The summed E-state index contributed by atoms with van der Waals surface area (Å²) in [7, 11) is 0. The number of carboxylic acid groups (broad SMARTS) is 1. The largest absolute Gasteiger partial charge is 0.481 e. The minimum absolute atomic E-state index is 0.0885. The van der Waals surface area contributed by atoms with E-state index in [0.717, 1.165) is 0 Å². The SMILES string of the molecule is CC(C)(CNC(=O)NCCCCC(=O)O)c1cccs1. The molecule has 0 spiro atoms. The summed E-state index contributed by atoms with van der Waals surface area (Å²) in [5.74, 6) is -0.799. The van der Waals surface area contributed by atoms with Gasteiger partial charge in [-0.3, -0.25) is 4.79 Å². The molecule has 0 aromatic carbocycles. The van der Waals surface area contributed by atoms with E-state index in [-0.39, 0.29) is 17.9 Å². The van der Waals surface area contributed by atoms with Crippen LogP contribution in [0, 0.1) is 0 Å². The lowest BCUT2D eigenvalue weighted by atomic mass is 9.91. The van der Waals surface area contributed by atoms with Crippen molar-refractivity contribution in [3.63, 3.8) is 0 Å². The number of carboxylic acids is 1. The quantitative estimate of drug-likeness (QED) is 0.645. The van der Waals surface area contributed by atoms with Gasteiger partial charge in [0.2, 0.25) is 0 Å². The summed E-state index contributed by atoms with van der Waals surface area (Å²) in [5.41, 5.74) is -0.0885. The van der Waals surface area contributed by atoms with Gasteiger partial charge < -0.3 is 15.7 Å². The van der Waals surface area contributed by atoms with Crippen molar-refractivity contribution in [1.29, 1.82) is 0 Å². The van der Waals surface area contributed by atoms with Gasteiger partial charge in [-0.15, -0.1) is 11.3 Å². The van der Waals surface area contributed by atoms with Crippen molar-refractivity contribution in [3.8, 4) is 0 Å². The molecular formula is C14H22N2O3S. The Labute approximate surface area is 123 Å². The Morgan fingerprint density at radius 2 is 2.05 bits per heavy atom. The average molecular weight is 298 g/mol. The second-order valence-electron chi connectivity index (χ2n) is 5.32. The van der Waals surface area contributed by atoms with Crippen LogP contribution in [0.1, 0.15) is 38.0 Å². The van der Waals surface area contributed by atoms with Crippen molar-refractivity contribution in [2.45, 2.75) is 38.5 Å². The monoisotopic (exact) mass is 298 g/mol. The zero-order valence-corrected chi connectivity index (χ0v) is 12.8. The standard InChI is InChI=1S/C14H22N2O3S/c1-14(2,11-6-5-9-20-11)10-16-13(19)15-8-4-3-7-12(17)18/h5-6,9H,3-4,7-8,10H2,1-2H3,(H,17,18)(H2,15,16,19). The molecule has 0 radical (unpaired) electrons. The lowest BCUT2D eigenvalue weighted by Crippen LogP contribution is -2.42. The number of unbranched alkanes of at least 4 members (excludes halogenated alkanes) is 1. The molecule has 1 heterocycles. The van der Waals surface area contributed by atoms with Gasteiger partial charge in [-0.25, -0.2) is 4.79 Å². The number of carbonyl (C=O) groups is 2. The molecule has 3 N–H and O–H groups in total. The molecule has 0 saturated heterocycles. The topological polar surface area (TPSA) is 78.4 Å². The number of amides is 2. The van der Waals surface area contributed by atoms with Crippen LogP contribution in [0.2, 0.25) is 0 Å². The molecule has 0 unspecified atom stereocenters. The molecule has 1 aromatic rings. The van der Waals surface area contributed by atoms with Crippen molar-refractivity contribution >= 4 is 23.3 Å². The Bertz CT molecular complexity index is 430. The van der Waals surface area contributed by atoms with E-state index in [1.165, 1.54) is 4.88 Å². The van der Waals surface area contributed by atoms with Gasteiger partial charge >= 0.3 is 12.0 Å². The van der Waals surface area contributed by atoms with Crippen LogP contribution in [0.3, 0.4) is 0 Å². The maximum Gasteiger partial charge on any atom is 0.314 e. The third kappa shape index (κ3) is 6.06. The van der Waals surface area contributed by atoms with E-state index in [1.54, 1.807) is 11.3 Å². The number of aliphatic carboxylic acids is 1. The lowest BCUT2D eigenvalue weighted by Gasteiger charge is -2.23. The van der Waals surface area contributed by atoms with E-state index >= 15 is 0 Å². The second kappa shape index (κ2) is 7.89. The molecule has 0 bridgehead atoms. The van der Waals surface area contributed by atoms with Gasteiger partial charge in [-0.1, -0.05) is 19.9 Å². The van der Waals surface area contributed by atoms with Crippen molar-refractivity contribution < 1.29 is 14.7 Å². The first kappa shape index (κ1) is 16.5. The lowest BCUT2D eigenvalue weighted by molar-refractivity contribution is -0.137. The van der Waals surface area contributed by atoms with Gasteiger partial charge in [0.1, 0.15) is 0 Å². The fourth-order valence-electron chi connectivity index (χ4n) is 1.72. The summed E-state index contributed by atoms with van der Waals surface area (Å²) in [6, 6.07) is 3.87. The van der Waals surface area contributed by atoms with Crippen LogP contribution in [-0.2, 0) is 10.2 Å². The maximum atomic E-state index is 11.6. The minimum atomic E-state index is -0.799. The summed E-state index contributed by atoms with van der Waals surface area (Å²) >= 11 is 1.68. The van der Waals surface area contributed by atoms with Crippen molar-refractivity contribution in [2.75, 3.05) is 13.1 Å². The van der Waals surface area contributed by atoms with Crippen LogP contribution >= 0.6 is 11.3 Å². The molecule has 6 heteroatoms. The van der Waals surface area contributed by atoms with E-state index in [4.69, 9.17) is 5.11 Å². The first-order valence-electron chi connectivity index (χ1n) is 6.69. The molecule has 1 aromatic heterocycles. The molecule has 1 rings (SSSR count). The molecule has 0 saturated carbocycles. The highest BCUT2D eigenvalue weighted by Crippen LogP contribution is 2.26. The highest BCUT2D eigenvalue weighted by Gasteiger charge is 2.22. The number of rotatable bonds is 8. The maximum absolute atomic E-state index is 11.6. The predicted molar refractivity (Wildman–Crippen MR) is 80.2 cm³/mol. The highest BCUT2D eigenvalue weighted by molar-refractivity contribution is 7.10. The number of hydrogen-bond acceptors (Lipinski definition) is 3. The number of carbonyl (C=O) groups excluding carboxylic acids is 1. The summed E-state index contributed by atoms with van der Waals surface area (Å²) in [6.07, 6.45) is 1.40. The van der Waals surface area contributed by atoms with Crippen LogP contribution in [0.15, 0.2) is 17.5 Å². The van der Waals surface area contributed by atoms with Crippen LogP contribution in [0.5, 0.6) is 0 Å². The van der Waals surface area contributed by atoms with Gasteiger partial charge in [-0.05, 0) is 24.3 Å². The fraction of sp³-hybridized carbons (Fsp3) is 0.571. The number of nitrogens with one attached hydrogen (secondary N) is 2. The Balaban J connectivity index is 2.18. The Hall–Kier alpha value is -1.56. The highest BCUT2D eigenvalue weighted by atomic mass is 32.1. The van der Waals surface area contributed by atoms with E-state index in [1.807, 2.05) is 11.4 Å². The second-order valence-corrected chi connectivity index (χ2v) is 6.27. The number of thiophene rings is 1. The molecule has 0 atom stereocenters. The van der Waals surface area contributed by atoms with Gasteiger partial charge in [0.25, 0.3) is 0 Å². The van der Waals surface area contributed by atoms with Crippen LogP contribution in [-0.4, -0.2) is 30.2 Å². The molecule has 0 aliphatic heterocycles. The molecule has 0 fully saturated rings. The van der Waals surface area contributed by atoms with Crippen molar-refractivity contribution in [3.05, 3.63) is 22.4 Å². The van der Waals surface area contributed by atoms with Crippen LogP contribution < -0.4 is 10.6 Å². The average Bonchev–Trinajstić information content (AvgIpc) is 2.90. The smallest absolute Gasteiger partial charge is 0.314 e. The van der Waals surface area contributed by atoms with Crippen LogP contribution in [0.25, 0.3) is 0 Å². The third-order valence-electron chi connectivity index (χ3n) is 2.98. The molecule has 112 valence electrons. The van der Waals surface area contributed by atoms with E-state index in [2.05, 4.69) is 30.5 Å². The summed E-state index contributed by atoms with van der Waals surface area (Å²) in [4.78, 5) is 23.2. The fourth-order valence-corrected chi connectivity index (χ4v) is 2.57. The van der Waals surface area contributed by atoms with Gasteiger partial charge in [0, 0.05) is 29.8 Å². The normalized spacial score (nSPS) is 11.1.